The number of nitrogens with one attached hydrogen (secondary N) is 1. The summed E-state index contributed by atoms with van der Waals surface area (Å²) in [7, 11) is 1.57. The van der Waals surface area contributed by atoms with Gasteiger partial charge in [0.25, 0.3) is 5.91 Å². The second-order valence-corrected chi connectivity index (χ2v) is 4.80. The Balaban J connectivity index is 2.07. The van der Waals surface area contributed by atoms with Gasteiger partial charge < -0.3 is 4.74 Å². The molecule has 2 aromatic rings. The van der Waals surface area contributed by atoms with E-state index in [-0.39, 0.29) is 5.91 Å². The Labute approximate surface area is 115 Å². The fourth-order valence-electron chi connectivity index (χ4n) is 1.50. The fraction of sp³-hybridized carbons (Fsp3) is 0.143. The van der Waals surface area contributed by atoms with E-state index in [1.54, 1.807) is 42.7 Å². The average Bonchev–Trinajstić information content (AvgIpc) is 2.98. The predicted molar refractivity (Wildman–Crippen MR) is 77.0 cm³/mol. The van der Waals surface area contributed by atoms with Gasteiger partial charge in [0.15, 0.2) is 0 Å². The Morgan fingerprint density at radius 3 is 2.84 bits per heavy atom. The zero-order valence-electron chi connectivity index (χ0n) is 10.7. The molecule has 1 heterocycles. The lowest BCUT2D eigenvalue weighted by Gasteiger charge is -2.03. The molecule has 4 nitrogen and oxygen atoms in total. The van der Waals surface area contributed by atoms with Gasteiger partial charge in [0.2, 0.25) is 0 Å². The van der Waals surface area contributed by atoms with Crippen LogP contribution in [-0.2, 0) is 0 Å². The van der Waals surface area contributed by atoms with Crippen LogP contribution in [0.15, 0.2) is 46.9 Å². The van der Waals surface area contributed by atoms with Gasteiger partial charge in [-0.3, -0.25) is 4.79 Å². The van der Waals surface area contributed by atoms with E-state index in [1.165, 1.54) is 0 Å². The molecule has 0 saturated carbocycles. The Bertz CT molecular complexity index is 591. The van der Waals surface area contributed by atoms with E-state index in [2.05, 4.69) is 10.5 Å². The molecule has 1 amide bonds. The van der Waals surface area contributed by atoms with Crippen LogP contribution in [0.5, 0.6) is 5.75 Å². The lowest BCUT2D eigenvalue weighted by molar-refractivity contribution is 0.0954. The van der Waals surface area contributed by atoms with Crippen LogP contribution in [0.25, 0.3) is 0 Å². The lowest BCUT2D eigenvalue weighted by atomic mass is 10.2. The Morgan fingerprint density at radius 2 is 2.16 bits per heavy atom. The van der Waals surface area contributed by atoms with Gasteiger partial charge in [-0.2, -0.15) is 5.10 Å². The van der Waals surface area contributed by atoms with Crippen molar-refractivity contribution in [2.45, 2.75) is 6.92 Å². The lowest BCUT2D eigenvalue weighted by Crippen LogP contribution is -2.19. The third kappa shape index (κ3) is 3.42. The molecule has 0 saturated heterocycles. The summed E-state index contributed by atoms with van der Waals surface area (Å²) in [5.74, 6) is 0.390. The molecule has 5 heteroatoms. The molecule has 19 heavy (non-hydrogen) atoms. The summed E-state index contributed by atoms with van der Waals surface area (Å²) < 4.78 is 5.08. The molecule has 0 unspecified atom stereocenters. The van der Waals surface area contributed by atoms with Crippen molar-refractivity contribution < 1.29 is 9.53 Å². The SMILES string of the molecule is COc1cccc(C(=O)N/N=C(\C)c2cccs2)c1. The van der Waals surface area contributed by atoms with E-state index in [0.29, 0.717) is 11.3 Å². The number of carbonyl (C=O) groups is 1. The Kier molecular flexibility index (Phi) is 4.30. The van der Waals surface area contributed by atoms with Crippen molar-refractivity contribution in [3.05, 3.63) is 52.2 Å². The number of benzene rings is 1. The second kappa shape index (κ2) is 6.15. The van der Waals surface area contributed by atoms with Crippen molar-refractivity contribution >= 4 is 23.0 Å². The highest BCUT2D eigenvalue weighted by atomic mass is 32.1. The minimum absolute atomic E-state index is 0.255. The van der Waals surface area contributed by atoms with E-state index >= 15 is 0 Å². The fourth-order valence-corrected chi connectivity index (χ4v) is 2.18. The standard InChI is InChI=1S/C14H14N2O2S/c1-10(13-7-4-8-19-13)15-16-14(17)11-5-3-6-12(9-11)18-2/h3-9H,1-2H3,(H,16,17)/b15-10+. The van der Waals surface area contributed by atoms with Gasteiger partial charge >= 0.3 is 0 Å². The van der Waals surface area contributed by atoms with Crippen LogP contribution in [0.1, 0.15) is 22.2 Å². The predicted octanol–water partition coefficient (Wildman–Crippen LogP) is 2.91. The molecule has 0 atom stereocenters. The zero-order chi connectivity index (χ0) is 13.7. The molecule has 0 aliphatic carbocycles. The summed E-state index contributed by atoms with van der Waals surface area (Å²) in [6, 6.07) is 10.9. The normalized spacial score (nSPS) is 11.2. The number of hydrogen-bond donors (Lipinski definition) is 1. The van der Waals surface area contributed by atoms with E-state index < -0.39 is 0 Å². The van der Waals surface area contributed by atoms with Gasteiger partial charge in [-0.1, -0.05) is 12.1 Å². The van der Waals surface area contributed by atoms with Crippen molar-refractivity contribution in [1.82, 2.24) is 5.43 Å². The number of rotatable bonds is 4. The quantitative estimate of drug-likeness (QED) is 0.688. The van der Waals surface area contributed by atoms with Gasteiger partial charge in [-0.05, 0) is 36.6 Å². The summed E-state index contributed by atoms with van der Waals surface area (Å²) in [5.41, 5.74) is 3.84. The van der Waals surface area contributed by atoms with Crippen LogP contribution < -0.4 is 10.2 Å². The highest BCUT2D eigenvalue weighted by Crippen LogP contribution is 2.12. The first kappa shape index (κ1) is 13.3. The van der Waals surface area contributed by atoms with Crippen molar-refractivity contribution in [2.75, 3.05) is 7.11 Å². The van der Waals surface area contributed by atoms with Crippen LogP contribution in [0.3, 0.4) is 0 Å². The van der Waals surface area contributed by atoms with E-state index in [9.17, 15) is 4.79 Å². The summed E-state index contributed by atoms with van der Waals surface area (Å²) in [6.45, 7) is 1.86. The number of carbonyl (C=O) groups excluding carboxylic acids is 1. The monoisotopic (exact) mass is 274 g/mol. The maximum Gasteiger partial charge on any atom is 0.271 e. The molecule has 98 valence electrons. The molecule has 1 N–H and O–H groups in total. The number of methoxy groups -OCH3 is 1. The molecule has 0 bridgehead atoms. The summed E-state index contributed by atoms with van der Waals surface area (Å²) in [6.07, 6.45) is 0. The zero-order valence-corrected chi connectivity index (χ0v) is 11.5. The number of hydrazone groups is 1. The molecular formula is C14H14N2O2S. The smallest absolute Gasteiger partial charge is 0.271 e. The number of hydrogen-bond acceptors (Lipinski definition) is 4. The topological polar surface area (TPSA) is 50.7 Å². The molecule has 1 aromatic heterocycles. The van der Waals surface area contributed by atoms with Crippen molar-refractivity contribution in [3.63, 3.8) is 0 Å². The first-order valence-electron chi connectivity index (χ1n) is 5.73. The number of thiophene rings is 1. The molecule has 0 spiro atoms. The Hall–Kier alpha value is -2.14. The maximum atomic E-state index is 11.9. The third-order valence-electron chi connectivity index (χ3n) is 2.53. The molecular weight excluding hydrogens is 260 g/mol. The third-order valence-corrected chi connectivity index (χ3v) is 3.51. The van der Waals surface area contributed by atoms with Crippen LogP contribution in [0, 0.1) is 0 Å². The summed E-state index contributed by atoms with van der Waals surface area (Å²) in [4.78, 5) is 12.9. The van der Waals surface area contributed by atoms with Crippen molar-refractivity contribution in [1.29, 1.82) is 0 Å². The second-order valence-electron chi connectivity index (χ2n) is 3.85. The first-order valence-corrected chi connectivity index (χ1v) is 6.61. The highest BCUT2D eigenvalue weighted by molar-refractivity contribution is 7.12. The van der Waals surface area contributed by atoms with Crippen LogP contribution in [0.2, 0.25) is 0 Å². The Morgan fingerprint density at radius 1 is 1.32 bits per heavy atom. The number of nitrogens with zero attached hydrogens (tertiary/aromatic N) is 1. The van der Waals surface area contributed by atoms with Gasteiger partial charge in [0.05, 0.1) is 12.8 Å². The summed E-state index contributed by atoms with van der Waals surface area (Å²) in [5, 5.41) is 6.06. The van der Waals surface area contributed by atoms with Crippen molar-refractivity contribution in [3.8, 4) is 5.75 Å². The van der Waals surface area contributed by atoms with Gasteiger partial charge in [0, 0.05) is 10.4 Å². The highest BCUT2D eigenvalue weighted by Gasteiger charge is 2.06. The molecule has 0 aliphatic heterocycles. The molecule has 0 fully saturated rings. The van der Waals surface area contributed by atoms with Crippen molar-refractivity contribution in [2.24, 2.45) is 5.10 Å². The maximum absolute atomic E-state index is 11.9. The van der Waals surface area contributed by atoms with Gasteiger partial charge in [-0.15, -0.1) is 11.3 Å². The molecule has 2 rings (SSSR count). The minimum Gasteiger partial charge on any atom is -0.497 e. The summed E-state index contributed by atoms with van der Waals surface area (Å²) >= 11 is 1.58. The van der Waals surface area contributed by atoms with E-state index in [0.717, 1.165) is 10.6 Å². The molecule has 0 radical (unpaired) electrons. The first-order chi connectivity index (χ1) is 9.20. The number of ether oxygens (including phenoxy) is 1. The molecule has 0 aliphatic rings. The van der Waals surface area contributed by atoms with Crippen LogP contribution in [0.4, 0.5) is 0 Å². The van der Waals surface area contributed by atoms with Crippen LogP contribution in [-0.4, -0.2) is 18.7 Å². The molecule has 1 aromatic carbocycles. The van der Waals surface area contributed by atoms with E-state index in [4.69, 9.17) is 4.74 Å². The van der Waals surface area contributed by atoms with Crippen LogP contribution >= 0.6 is 11.3 Å². The average molecular weight is 274 g/mol. The van der Waals surface area contributed by atoms with Gasteiger partial charge in [-0.25, -0.2) is 5.43 Å². The van der Waals surface area contributed by atoms with E-state index in [1.807, 2.05) is 24.4 Å². The largest absolute Gasteiger partial charge is 0.497 e. The number of amides is 1. The minimum atomic E-state index is -0.255. The van der Waals surface area contributed by atoms with Gasteiger partial charge in [0.1, 0.15) is 5.75 Å².